The smallest absolute Gasteiger partial charge is 0.243 e. The number of nitrogens with one attached hydrogen (secondary N) is 1. The maximum Gasteiger partial charge on any atom is 0.243 e. The molecule has 0 radical (unpaired) electrons. The Balaban J connectivity index is 2.23. The predicted octanol–water partition coefficient (Wildman–Crippen LogP) is 2.52. The van der Waals surface area contributed by atoms with Crippen LogP contribution in [0.3, 0.4) is 0 Å². The summed E-state index contributed by atoms with van der Waals surface area (Å²) in [7, 11) is -4.11. The molecular weight excluding hydrogens is 306 g/mol. The van der Waals surface area contributed by atoms with Gasteiger partial charge in [-0.1, -0.05) is 0 Å². The molecular formula is C12H12F2N2O2S2. The van der Waals surface area contributed by atoms with E-state index in [4.69, 9.17) is 0 Å². The van der Waals surface area contributed by atoms with Gasteiger partial charge in [-0.15, -0.1) is 11.3 Å². The Morgan fingerprint density at radius 1 is 1.30 bits per heavy atom. The van der Waals surface area contributed by atoms with Gasteiger partial charge in [0.1, 0.15) is 16.5 Å². The first-order valence-corrected chi connectivity index (χ1v) is 7.97. The van der Waals surface area contributed by atoms with Crippen molar-refractivity contribution in [1.82, 2.24) is 9.71 Å². The number of benzene rings is 1. The molecule has 1 aromatic carbocycles. The maximum absolute atomic E-state index is 13.5. The number of aromatic nitrogens is 1. The summed E-state index contributed by atoms with van der Waals surface area (Å²) >= 11 is 1.35. The third-order valence-corrected chi connectivity index (χ3v) is 5.09. The molecule has 8 heteroatoms. The number of aryl methyl sites for hydroxylation is 2. The van der Waals surface area contributed by atoms with Crippen molar-refractivity contribution < 1.29 is 17.2 Å². The molecule has 0 fully saturated rings. The Labute approximate surface area is 119 Å². The second kappa shape index (κ2) is 5.55. The SMILES string of the molecule is Cc1nc(C)c(CNS(=O)(=O)c2cc(F)ccc2F)s1. The molecule has 0 aliphatic heterocycles. The third kappa shape index (κ3) is 3.20. The maximum atomic E-state index is 13.5. The Morgan fingerprint density at radius 3 is 2.60 bits per heavy atom. The van der Waals surface area contributed by atoms with Crippen molar-refractivity contribution in [2.75, 3.05) is 0 Å². The molecule has 1 N–H and O–H groups in total. The van der Waals surface area contributed by atoms with E-state index in [1.165, 1.54) is 11.3 Å². The summed E-state index contributed by atoms with van der Waals surface area (Å²) in [5.74, 6) is -1.80. The van der Waals surface area contributed by atoms with Gasteiger partial charge in [-0.25, -0.2) is 26.9 Å². The highest BCUT2D eigenvalue weighted by molar-refractivity contribution is 7.89. The topological polar surface area (TPSA) is 59.1 Å². The molecule has 0 aliphatic rings. The first-order chi connectivity index (χ1) is 9.29. The van der Waals surface area contributed by atoms with E-state index in [1.807, 2.05) is 6.92 Å². The molecule has 0 bridgehead atoms. The lowest BCUT2D eigenvalue weighted by atomic mass is 10.3. The van der Waals surface area contributed by atoms with Gasteiger partial charge in [-0.3, -0.25) is 0 Å². The number of nitrogens with zero attached hydrogens (tertiary/aromatic N) is 1. The lowest BCUT2D eigenvalue weighted by Crippen LogP contribution is -2.24. The molecule has 0 amide bonds. The highest BCUT2D eigenvalue weighted by Gasteiger charge is 2.20. The number of halogens is 2. The minimum atomic E-state index is -4.11. The van der Waals surface area contributed by atoms with Crippen molar-refractivity contribution in [3.63, 3.8) is 0 Å². The van der Waals surface area contributed by atoms with Crippen LogP contribution < -0.4 is 4.72 Å². The lowest BCUT2D eigenvalue weighted by molar-refractivity contribution is 0.546. The van der Waals surface area contributed by atoms with Crippen LogP contribution in [0, 0.1) is 25.5 Å². The largest absolute Gasteiger partial charge is 0.247 e. The lowest BCUT2D eigenvalue weighted by Gasteiger charge is -2.07. The van der Waals surface area contributed by atoms with Crippen LogP contribution in [0.25, 0.3) is 0 Å². The molecule has 0 unspecified atom stereocenters. The quantitative estimate of drug-likeness (QED) is 0.942. The molecule has 20 heavy (non-hydrogen) atoms. The van der Waals surface area contributed by atoms with Gasteiger partial charge in [0.15, 0.2) is 0 Å². The Kier molecular flexibility index (Phi) is 4.17. The van der Waals surface area contributed by atoms with Crippen molar-refractivity contribution in [1.29, 1.82) is 0 Å². The molecule has 0 spiro atoms. The van der Waals surface area contributed by atoms with Crippen molar-refractivity contribution in [3.8, 4) is 0 Å². The van der Waals surface area contributed by atoms with Gasteiger partial charge in [-0.2, -0.15) is 0 Å². The first-order valence-electron chi connectivity index (χ1n) is 5.67. The minimum absolute atomic E-state index is 0.00434. The summed E-state index contributed by atoms with van der Waals surface area (Å²) in [5.41, 5.74) is 0.718. The third-order valence-electron chi connectivity index (χ3n) is 2.61. The Bertz CT molecular complexity index is 742. The van der Waals surface area contributed by atoms with E-state index in [-0.39, 0.29) is 6.54 Å². The highest BCUT2D eigenvalue weighted by atomic mass is 32.2. The fraction of sp³-hybridized carbons (Fsp3) is 0.250. The van der Waals surface area contributed by atoms with E-state index in [1.54, 1.807) is 6.92 Å². The van der Waals surface area contributed by atoms with Gasteiger partial charge in [0.25, 0.3) is 0 Å². The van der Waals surface area contributed by atoms with Crippen LogP contribution in [0.1, 0.15) is 15.6 Å². The van der Waals surface area contributed by atoms with Gasteiger partial charge in [0.05, 0.1) is 10.7 Å². The minimum Gasteiger partial charge on any atom is -0.247 e. The van der Waals surface area contributed by atoms with Crippen molar-refractivity contribution >= 4 is 21.4 Å². The zero-order chi connectivity index (χ0) is 14.9. The van der Waals surface area contributed by atoms with Gasteiger partial charge in [0, 0.05) is 11.4 Å². The average molecular weight is 318 g/mol. The van der Waals surface area contributed by atoms with E-state index in [9.17, 15) is 17.2 Å². The van der Waals surface area contributed by atoms with Crippen molar-refractivity contribution in [3.05, 3.63) is 45.4 Å². The second-order valence-electron chi connectivity index (χ2n) is 4.14. The second-order valence-corrected chi connectivity index (χ2v) is 7.16. The summed E-state index contributed by atoms with van der Waals surface area (Å²) in [6.45, 7) is 3.56. The number of hydrogen-bond donors (Lipinski definition) is 1. The van der Waals surface area contributed by atoms with Crippen LogP contribution in [-0.4, -0.2) is 13.4 Å². The standard InChI is InChI=1S/C12H12F2N2O2S2/c1-7-11(19-8(2)16-7)6-15-20(17,18)12-5-9(13)3-4-10(12)14/h3-5,15H,6H2,1-2H3. The number of thiazole rings is 1. The molecule has 4 nitrogen and oxygen atoms in total. The fourth-order valence-corrected chi connectivity index (χ4v) is 3.71. The molecule has 2 aromatic rings. The monoisotopic (exact) mass is 318 g/mol. The number of rotatable bonds is 4. The van der Waals surface area contributed by atoms with Crippen LogP contribution in [-0.2, 0) is 16.6 Å². The molecule has 1 heterocycles. The van der Waals surface area contributed by atoms with Gasteiger partial charge < -0.3 is 0 Å². The van der Waals surface area contributed by atoms with Crippen LogP contribution in [0.4, 0.5) is 8.78 Å². The molecule has 108 valence electrons. The summed E-state index contributed by atoms with van der Waals surface area (Å²) in [5, 5.41) is 0.814. The zero-order valence-electron chi connectivity index (χ0n) is 10.8. The van der Waals surface area contributed by atoms with Gasteiger partial charge >= 0.3 is 0 Å². The van der Waals surface area contributed by atoms with Crippen LogP contribution in [0.5, 0.6) is 0 Å². The summed E-state index contributed by atoms with van der Waals surface area (Å²) < 4.78 is 52.7. The normalized spacial score (nSPS) is 11.8. The van der Waals surface area contributed by atoms with Crippen LogP contribution in [0.15, 0.2) is 23.1 Å². The van der Waals surface area contributed by atoms with E-state index in [2.05, 4.69) is 9.71 Å². The van der Waals surface area contributed by atoms with Crippen LogP contribution in [0.2, 0.25) is 0 Å². The Hall–Kier alpha value is -1.38. The van der Waals surface area contributed by atoms with E-state index >= 15 is 0 Å². The summed E-state index contributed by atoms with van der Waals surface area (Å²) in [6, 6.07) is 2.31. The fourth-order valence-electron chi connectivity index (χ4n) is 1.66. The van der Waals surface area contributed by atoms with Crippen LogP contribution >= 0.6 is 11.3 Å². The highest BCUT2D eigenvalue weighted by Crippen LogP contribution is 2.19. The summed E-state index contributed by atoms with van der Waals surface area (Å²) in [6.07, 6.45) is 0. The number of sulfonamides is 1. The van der Waals surface area contributed by atoms with E-state index in [0.29, 0.717) is 6.07 Å². The molecule has 0 atom stereocenters. The van der Waals surface area contributed by atoms with Crippen molar-refractivity contribution in [2.45, 2.75) is 25.3 Å². The van der Waals surface area contributed by atoms with Gasteiger partial charge in [0.2, 0.25) is 10.0 Å². The molecule has 2 rings (SSSR count). The van der Waals surface area contributed by atoms with E-state index in [0.717, 1.165) is 27.7 Å². The average Bonchev–Trinajstić information content (AvgIpc) is 2.68. The summed E-state index contributed by atoms with van der Waals surface area (Å²) in [4.78, 5) is 4.21. The molecule has 0 saturated heterocycles. The predicted molar refractivity (Wildman–Crippen MR) is 72.0 cm³/mol. The molecule has 1 aromatic heterocycles. The zero-order valence-corrected chi connectivity index (χ0v) is 12.4. The first kappa shape index (κ1) is 15.0. The van der Waals surface area contributed by atoms with Gasteiger partial charge in [-0.05, 0) is 32.0 Å². The number of hydrogen-bond acceptors (Lipinski definition) is 4. The molecule has 0 aliphatic carbocycles. The van der Waals surface area contributed by atoms with E-state index < -0.39 is 26.6 Å². The van der Waals surface area contributed by atoms with Crippen molar-refractivity contribution in [2.24, 2.45) is 0 Å². The molecule has 0 saturated carbocycles. The Morgan fingerprint density at radius 2 is 2.00 bits per heavy atom.